The van der Waals surface area contributed by atoms with E-state index in [1.807, 2.05) is 66.7 Å². The fraction of sp³-hybridized carbons (Fsp3) is 0.344. The van der Waals surface area contributed by atoms with Crippen molar-refractivity contribution in [2.75, 3.05) is 19.6 Å². The van der Waals surface area contributed by atoms with Gasteiger partial charge in [-0.15, -0.1) is 6.42 Å². The summed E-state index contributed by atoms with van der Waals surface area (Å²) in [6, 6.07) is 18.1. The molecule has 2 N–H and O–H groups in total. The van der Waals surface area contributed by atoms with Crippen molar-refractivity contribution >= 4 is 17.8 Å². The van der Waals surface area contributed by atoms with Crippen molar-refractivity contribution in [3.05, 3.63) is 95.3 Å². The number of terminal acetylenes is 1. The van der Waals surface area contributed by atoms with Crippen LogP contribution in [0.5, 0.6) is 0 Å². The number of hydrogen-bond acceptors (Lipinski definition) is 5. The standard InChI is InChI=1S/C32H35N5O4/c1-2-18-35-23-30(39)36-28(19-24-14-9-15-27(38)17-16-24)31(40)34(21-26-12-7-4-8-13-26)22-29(36)37(35)32(41)33-20-25-10-5-3-6-11-25/h1,3-8,10-13,16-17,28-29,38H,9,14-15,18-23H2,(H,33,41)/t28?,29-/m0/s1. The second-order valence-corrected chi connectivity index (χ2v) is 10.6. The molecule has 5 rings (SSSR count). The van der Waals surface area contributed by atoms with Crippen molar-refractivity contribution < 1.29 is 19.5 Å². The number of benzene rings is 2. The zero-order chi connectivity index (χ0) is 28.8. The van der Waals surface area contributed by atoms with Gasteiger partial charge in [0.1, 0.15) is 12.2 Å². The minimum absolute atomic E-state index is 0.0708. The Kier molecular flexibility index (Phi) is 8.70. The monoisotopic (exact) mass is 553 g/mol. The summed E-state index contributed by atoms with van der Waals surface area (Å²) in [4.78, 5) is 44.8. The molecule has 1 aliphatic carbocycles. The Balaban J connectivity index is 1.48. The van der Waals surface area contributed by atoms with E-state index >= 15 is 0 Å². The summed E-state index contributed by atoms with van der Waals surface area (Å²) in [5.74, 6) is 2.47. The first-order chi connectivity index (χ1) is 19.9. The molecule has 9 heteroatoms. The maximum atomic E-state index is 14.0. The highest BCUT2D eigenvalue weighted by Crippen LogP contribution is 2.32. The summed E-state index contributed by atoms with van der Waals surface area (Å²) in [5, 5.41) is 16.1. The number of aliphatic hydroxyl groups is 1. The number of carbonyl (C=O) groups excluding carboxylic acids is 3. The number of amides is 4. The Bertz CT molecular complexity index is 1370. The molecule has 2 aliphatic heterocycles. The molecule has 2 aromatic rings. The summed E-state index contributed by atoms with van der Waals surface area (Å²) in [7, 11) is 0. The fourth-order valence-electron chi connectivity index (χ4n) is 5.73. The third-order valence-corrected chi connectivity index (χ3v) is 7.71. The van der Waals surface area contributed by atoms with Gasteiger partial charge in [0.2, 0.25) is 11.8 Å². The quantitative estimate of drug-likeness (QED) is 0.511. The topological polar surface area (TPSA) is 96.4 Å². The summed E-state index contributed by atoms with van der Waals surface area (Å²) in [6.07, 6.45) is 10.8. The zero-order valence-electron chi connectivity index (χ0n) is 23.0. The number of carbonyl (C=O) groups is 3. The Hall–Kier alpha value is -4.55. The molecule has 9 nitrogen and oxygen atoms in total. The van der Waals surface area contributed by atoms with Gasteiger partial charge in [-0.25, -0.2) is 9.80 Å². The van der Waals surface area contributed by atoms with Crippen molar-refractivity contribution in [2.45, 2.75) is 51.0 Å². The lowest BCUT2D eigenvalue weighted by Gasteiger charge is -2.55. The van der Waals surface area contributed by atoms with Crippen molar-refractivity contribution in [1.29, 1.82) is 0 Å². The maximum absolute atomic E-state index is 14.0. The lowest BCUT2D eigenvalue weighted by molar-refractivity contribution is -0.189. The molecule has 212 valence electrons. The number of fused-ring (bicyclic) bond motifs is 1. The zero-order valence-corrected chi connectivity index (χ0v) is 23.0. The number of hydrogen-bond donors (Lipinski definition) is 2. The van der Waals surface area contributed by atoms with Crippen LogP contribution in [0.1, 0.15) is 36.8 Å². The molecular weight excluding hydrogens is 518 g/mol. The first-order valence-corrected chi connectivity index (χ1v) is 14.0. The molecule has 0 spiro atoms. The lowest BCUT2D eigenvalue weighted by Crippen LogP contribution is -2.76. The molecule has 2 saturated heterocycles. The second-order valence-electron chi connectivity index (χ2n) is 10.6. The van der Waals surface area contributed by atoms with Crippen LogP contribution < -0.4 is 5.32 Å². The summed E-state index contributed by atoms with van der Waals surface area (Å²) in [6.45, 7) is 0.765. The predicted molar refractivity (Wildman–Crippen MR) is 154 cm³/mol. The van der Waals surface area contributed by atoms with Gasteiger partial charge in [0.25, 0.3) is 0 Å². The minimum Gasteiger partial charge on any atom is -0.512 e. The molecule has 3 aliphatic rings. The molecule has 4 amide bonds. The van der Waals surface area contributed by atoms with Gasteiger partial charge in [0.15, 0.2) is 0 Å². The van der Waals surface area contributed by atoms with Gasteiger partial charge in [-0.05, 0) is 36.5 Å². The Morgan fingerprint density at radius 1 is 1.00 bits per heavy atom. The largest absolute Gasteiger partial charge is 0.512 e. The van der Waals surface area contributed by atoms with Crippen LogP contribution in [0.25, 0.3) is 0 Å². The first-order valence-electron chi connectivity index (χ1n) is 14.0. The fourth-order valence-corrected chi connectivity index (χ4v) is 5.73. The van der Waals surface area contributed by atoms with E-state index in [9.17, 15) is 19.5 Å². The van der Waals surface area contributed by atoms with Crippen molar-refractivity contribution in [1.82, 2.24) is 25.1 Å². The first kappa shape index (κ1) is 28.0. The Morgan fingerprint density at radius 3 is 2.41 bits per heavy atom. The van der Waals surface area contributed by atoms with Gasteiger partial charge in [0.05, 0.1) is 25.4 Å². The van der Waals surface area contributed by atoms with E-state index in [-0.39, 0.29) is 37.5 Å². The van der Waals surface area contributed by atoms with E-state index < -0.39 is 12.2 Å². The van der Waals surface area contributed by atoms with Gasteiger partial charge >= 0.3 is 6.03 Å². The average Bonchev–Trinajstić information content (AvgIpc) is 3.19. The molecule has 2 fully saturated rings. The van der Waals surface area contributed by atoms with Gasteiger partial charge < -0.3 is 20.2 Å². The SMILES string of the molecule is C#CCN1CC(=O)N2C(CC3=CC=C(O)CCC3)C(=O)N(Cc3ccccc3)C[C@@H]2N1C(=O)NCc1ccccc1. The Morgan fingerprint density at radius 2 is 1.71 bits per heavy atom. The molecule has 0 bridgehead atoms. The number of allylic oxidation sites excluding steroid dienone is 3. The number of rotatable bonds is 7. The third kappa shape index (κ3) is 6.44. The van der Waals surface area contributed by atoms with Crippen molar-refractivity contribution in [3.63, 3.8) is 0 Å². The molecule has 0 radical (unpaired) electrons. The number of nitrogens with one attached hydrogen (secondary N) is 1. The van der Waals surface area contributed by atoms with Crippen molar-refractivity contribution in [2.24, 2.45) is 0 Å². The number of urea groups is 1. The molecule has 41 heavy (non-hydrogen) atoms. The van der Waals surface area contributed by atoms with Crippen LogP contribution >= 0.6 is 0 Å². The highest BCUT2D eigenvalue weighted by Gasteiger charge is 2.51. The van der Waals surface area contributed by atoms with Crippen LogP contribution in [0.15, 0.2) is 84.1 Å². The highest BCUT2D eigenvalue weighted by molar-refractivity contribution is 5.91. The van der Waals surface area contributed by atoms with E-state index in [1.54, 1.807) is 20.9 Å². The number of hydrazine groups is 1. The highest BCUT2D eigenvalue weighted by atomic mass is 16.3. The third-order valence-electron chi connectivity index (χ3n) is 7.71. The van der Waals surface area contributed by atoms with E-state index in [2.05, 4.69) is 11.2 Å². The van der Waals surface area contributed by atoms with Crippen LogP contribution in [0, 0.1) is 12.3 Å². The number of nitrogens with zero attached hydrogens (tertiary/aromatic N) is 4. The van der Waals surface area contributed by atoms with E-state index in [1.165, 1.54) is 5.01 Å². The van der Waals surface area contributed by atoms with Crippen LogP contribution in [-0.2, 0) is 22.7 Å². The van der Waals surface area contributed by atoms with Crippen molar-refractivity contribution in [3.8, 4) is 12.3 Å². The molecule has 0 saturated carbocycles. The van der Waals surface area contributed by atoms with Gasteiger partial charge in [0, 0.05) is 19.5 Å². The van der Waals surface area contributed by atoms with E-state index in [0.29, 0.717) is 38.1 Å². The number of aliphatic hydroxyl groups excluding tert-OH is 1. The lowest BCUT2D eigenvalue weighted by atomic mass is 9.96. The molecule has 1 unspecified atom stereocenters. The molecule has 2 aromatic carbocycles. The maximum Gasteiger partial charge on any atom is 0.334 e. The minimum atomic E-state index is -0.790. The van der Waals surface area contributed by atoms with Gasteiger partial charge in [-0.1, -0.05) is 78.2 Å². The second kappa shape index (κ2) is 12.7. The van der Waals surface area contributed by atoms with Crippen LogP contribution in [0.3, 0.4) is 0 Å². The van der Waals surface area contributed by atoms with Crippen LogP contribution in [0.2, 0.25) is 0 Å². The molecule has 2 atom stereocenters. The summed E-state index contributed by atoms with van der Waals surface area (Å²) < 4.78 is 0. The van der Waals surface area contributed by atoms with Gasteiger partial charge in [-0.2, -0.15) is 5.01 Å². The van der Waals surface area contributed by atoms with E-state index in [0.717, 1.165) is 23.1 Å². The van der Waals surface area contributed by atoms with E-state index in [4.69, 9.17) is 6.42 Å². The van der Waals surface area contributed by atoms with Gasteiger partial charge in [-0.3, -0.25) is 9.59 Å². The van der Waals surface area contributed by atoms with Crippen LogP contribution in [0.4, 0.5) is 4.79 Å². The summed E-state index contributed by atoms with van der Waals surface area (Å²) in [5.41, 5.74) is 2.87. The smallest absolute Gasteiger partial charge is 0.334 e. The predicted octanol–water partition coefficient (Wildman–Crippen LogP) is 3.57. The molecule has 0 aromatic heterocycles. The number of piperazine rings is 1. The molecule has 2 heterocycles. The Labute approximate surface area is 240 Å². The molecular formula is C32H35N5O4. The average molecular weight is 554 g/mol. The summed E-state index contributed by atoms with van der Waals surface area (Å²) >= 11 is 0. The normalized spacial score (nSPS) is 21.4. The van der Waals surface area contributed by atoms with Crippen LogP contribution in [-0.4, -0.2) is 74.6 Å².